The number of fused-ring (bicyclic) bond motifs is 3. The minimum absolute atomic E-state index is 0.783. The zero-order chi connectivity index (χ0) is 32.1. The Hall–Kier alpha value is -5.55. The summed E-state index contributed by atoms with van der Waals surface area (Å²) in [7, 11) is -0.494. The number of para-hydroxylation sites is 2. The SMILES string of the molecule is COc1ccc(-c2cccc3cccc(N4c5ccccc5N(c5cccc6cccc(-c7ccc(OC)cc7)c56)P4(N)=O)c23)cc1. The van der Waals surface area contributed by atoms with Crippen LogP contribution in [0.3, 0.4) is 0 Å². The number of hydrogen-bond donors (Lipinski definition) is 1. The number of methoxy groups -OCH3 is 2. The number of hydrogen-bond acceptors (Lipinski definition) is 3. The fraction of sp³-hybridized carbons (Fsp3) is 0.0500. The fourth-order valence-electron chi connectivity index (χ4n) is 6.81. The summed E-state index contributed by atoms with van der Waals surface area (Å²) < 4.78 is 30.0. The van der Waals surface area contributed by atoms with Crippen LogP contribution < -0.4 is 24.3 Å². The van der Waals surface area contributed by atoms with Gasteiger partial charge >= 0.3 is 7.59 Å². The van der Waals surface area contributed by atoms with Gasteiger partial charge in [-0.2, -0.15) is 0 Å². The standard InChI is InChI=1S/C40H32N3O3P/c1-45-31-23-19-27(20-24-31)33-13-5-9-29-11-7-17-37(39(29)33)42-35-15-3-4-16-36(35)43(47(42,41)44)38-18-8-12-30-10-6-14-34(40(30)38)28-21-25-32(46-2)26-22-28/h3-26H,1-2H3,(H2,41,44). The van der Waals surface area contributed by atoms with E-state index in [1.54, 1.807) is 14.2 Å². The molecule has 2 N–H and O–H groups in total. The van der Waals surface area contributed by atoms with E-state index in [2.05, 4.69) is 48.5 Å². The molecule has 7 aromatic carbocycles. The van der Waals surface area contributed by atoms with Crippen molar-refractivity contribution < 1.29 is 14.0 Å². The van der Waals surface area contributed by atoms with Gasteiger partial charge in [0.15, 0.2) is 0 Å². The first kappa shape index (κ1) is 28.9. The number of benzene rings is 7. The Kier molecular flexibility index (Phi) is 6.98. The molecule has 0 radical (unpaired) electrons. The maximum absolute atomic E-state index is 15.5. The van der Waals surface area contributed by atoms with Gasteiger partial charge in [-0.25, -0.2) is 5.50 Å². The normalized spacial score (nSPS) is 13.6. The lowest BCUT2D eigenvalue weighted by atomic mass is 9.96. The van der Waals surface area contributed by atoms with Gasteiger partial charge in [-0.15, -0.1) is 0 Å². The predicted octanol–water partition coefficient (Wildman–Crippen LogP) is 10.7. The molecular formula is C40H32N3O3P. The summed E-state index contributed by atoms with van der Waals surface area (Å²) in [6, 6.07) is 48.6. The average molecular weight is 634 g/mol. The predicted molar refractivity (Wildman–Crippen MR) is 194 cm³/mol. The van der Waals surface area contributed by atoms with Gasteiger partial charge in [-0.1, -0.05) is 97.1 Å². The van der Waals surface area contributed by atoms with E-state index in [0.717, 1.165) is 78.0 Å². The van der Waals surface area contributed by atoms with Gasteiger partial charge in [0.25, 0.3) is 0 Å². The summed E-state index contributed by atoms with van der Waals surface area (Å²) >= 11 is 0. The molecule has 0 saturated heterocycles. The van der Waals surface area contributed by atoms with Crippen LogP contribution in [0.4, 0.5) is 22.7 Å². The van der Waals surface area contributed by atoms with Crippen LogP contribution in [0, 0.1) is 0 Å². The summed E-state index contributed by atoms with van der Waals surface area (Å²) in [5.41, 5.74) is 14.4. The van der Waals surface area contributed by atoms with E-state index in [9.17, 15) is 0 Å². The van der Waals surface area contributed by atoms with Gasteiger partial charge in [-0.3, -0.25) is 13.9 Å². The molecule has 1 heterocycles. The van der Waals surface area contributed by atoms with Crippen molar-refractivity contribution in [3.05, 3.63) is 146 Å². The highest BCUT2D eigenvalue weighted by atomic mass is 31.2. The van der Waals surface area contributed by atoms with Crippen molar-refractivity contribution in [3.8, 4) is 33.8 Å². The summed E-state index contributed by atoms with van der Waals surface area (Å²) in [6.07, 6.45) is 0. The smallest absolute Gasteiger partial charge is 0.339 e. The minimum atomic E-state index is -3.82. The number of nitrogens with two attached hydrogens (primary N) is 1. The number of anilines is 4. The van der Waals surface area contributed by atoms with Gasteiger partial charge in [0.2, 0.25) is 0 Å². The van der Waals surface area contributed by atoms with Crippen molar-refractivity contribution in [1.29, 1.82) is 0 Å². The first-order chi connectivity index (χ1) is 23.0. The molecule has 230 valence electrons. The molecule has 7 heteroatoms. The van der Waals surface area contributed by atoms with Gasteiger partial charge in [0, 0.05) is 10.8 Å². The summed E-state index contributed by atoms with van der Waals surface area (Å²) in [4.78, 5) is 0. The Labute approximate surface area is 273 Å². The van der Waals surface area contributed by atoms with Crippen LogP contribution in [0.15, 0.2) is 146 Å². The monoisotopic (exact) mass is 633 g/mol. The first-order valence-electron chi connectivity index (χ1n) is 15.4. The van der Waals surface area contributed by atoms with Crippen LogP contribution in [0.1, 0.15) is 0 Å². The zero-order valence-corrected chi connectivity index (χ0v) is 26.9. The van der Waals surface area contributed by atoms with Crippen molar-refractivity contribution in [2.45, 2.75) is 0 Å². The van der Waals surface area contributed by atoms with Crippen molar-refractivity contribution >= 4 is 51.9 Å². The van der Waals surface area contributed by atoms with E-state index in [4.69, 9.17) is 15.0 Å². The highest BCUT2D eigenvalue weighted by Gasteiger charge is 2.46. The molecule has 1 aliphatic rings. The van der Waals surface area contributed by atoms with Gasteiger partial charge < -0.3 is 9.47 Å². The Morgan fingerprint density at radius 2 is 0.830 bits per heavy atom. The third-order valence-corrected chi connectivity index (χ3v) is 10.9. The lowest BCUT2D eigenvalue weighted by Gasteiger charge is -2.31. The van der Waals surface area contributed by atoms with E-state index in [1.165, 1.54) is 0 Å². The third-order valence-electron chi connectivity index (χ3n) is 8.94. The van der Waals surface area contributed by atoms with E-state index in [0.29, 0.717) is 0 Å². The summed E-state index contributed by atoms with van der Waals surface area (Å²) in [5.74, 6) is 1.57. The molecule has 1 aliphatic heterocycles. The molecule has 0 fully saturated rings. The van der Waals surface area contributed by atoms with Crippen molar-refractivity contribution in [3.63, 3.8) is 0 Å². The third kappa shape index (κ3) is 4.65. The van der Waals surface area contributed by atoms with Gasteiger partial charge in [-0.05, 0) is 81.6 Å². The van der Waals surface area contributed by atoms with Gasteiger partial charge in [0.1, 0.15) is 11.5 Å². The average Bonchev–Trinajstić information content (AvgIpc) is 3.36. The minimum Gasteiger partial charge on any atom is -0.497 e. The second-order valence-electron chi connectivity index (χ2n) is 11.5. The zero-order valence-electron chi connectivity index (χ0n) is 26.0. The van der Waals surface area contributed by atoms with Crippen molar-refractivity contribution in [2.75, 3.05) is 23.6 Å². The molecule has 0 aliphatic carbocycles. The molecule has 6 nitrogen and oxygen atoms in total. The highest BCUT2D eigenvalue weighted by Crippen LogP contribution is 2.68. The Morgan fingerprint density at radius 3 is 1.21 bits per heavy atom. The van der Waals surface area contributed by atoms with Crippen LogP contribution in [-0.2, 0) is 4.57 Å². The van der Waals surface area contributed by atoms with E-state index in [1.807, 2.05) is 106 Å². The molecule has 0 amide bonds. The maximum atomic E-state index is 15.5. The highest BCUT2D eigenvalue weighted by molar-refractivity contribution is 7.66. The van der Waals surface area contributed by atoms with Crippen LogP contribution in [0.5, 0.6) is 11.5 Å². The van der Waals surface area contributed by atoms with Crippen molar-refractivity contribution in [1.82, 2.24) is 0 Å². The molecule has 0 unspecified atom stereocenters. The molecule has 0 aromatic heterocycles. The lowest BCUT2D eigenvalue weighted by Crippen LogP contribution is -2.24. The Bertz CT molecular complexity index is 2170. The Morgan fingerprint density at radius 1 is 0.468 bits per heavy atom. The van der Waals surface area contributed by atoms with Crippen LogP contribution in [-0.4, -0.2) is 14.2 Å². The quantitative estimate of drug-likeness (QED) is 0.184. The van der Waals surface area contributed by atoms with Crippen LogP contribution in [0.2, 0.25) is 0 Å². The molecule has 0 atom stereocenters. The van der Waals surface area contributed by atoms with E-state index >= 15 is 4.57 Å². The largest absolute Gasteiger partial charge is 0.497 e. The summed E-state index contributed by atoms with van der Waals surface area (Å²) in [6.45, 7) is 0. The Balaban J connectivity index is 1.36. The lowest BCUT2D eigenvalue weighted by molar-refractivity contribution is 0.415. The number of rotatable bonds is 6. The molecule has 0 saturated carbocycles. The molecule has 8 rings (SSSR count). The second kappa shape index (κ2) is 11.4. The van der Waals surface area contributed by atoms with Crippen LogP contribution >= 0.6 is 7.59 Å². The maximum Gasteiger partial charge on any atom is 0.339 e. The van der Waals surface area contributed by atoms with E-state index in [-0.39, 0.29) is 0 Å². The second-order valence-corrected chi connectivity index (χ2v) is 13.5. The fourth-order valence-corrected chi connectivity index (χ4v) is 8.89. The molecule has 0 spiro atoms. The number of ether oxygens (including phenoxy) is 2. The van der Waals surface area contributed by atoms with E-state index < -0.39 is 7.59 Å². The topological polar surface area (TPSA) is 68.0 Å². The molecule has 0 bridgehead atoms. The van der Waals surface area contributed by atoms with Gasteiger partial charge in [0.05, 0.1) is 37.0 Å². The summed E-state index contributed by atoms with van der Waals surface area (Å²) in [5, 5.41) is 4.00. The molecular weight excluding hydrogens is 601 g/mol. The first-order valence-corrected chi connectivity index (χ1v) is 17.1. The van der Waals surface area contributed by atoms with Crippen molar-refractivity contribution in [2.24, 2.45) is 5.50 Å². The molecule has 7 aromatic rings. The van der Waals surface area contributed by atoms with Crippen LogP contribution in [0.25, 0.3) is 43.8 Å². The number of nitrogens with zero attached hydrogens (tertiary/aromatic N) is 2. The molecule has 47 heavy (non-hydrogen) atoms.